The average Bonchev–Trinajstić information content (AvgIpc) is 2.97. The molecule has 0 heterocycles. The molecule has 8 heteroatoms. The number of halogens is 2. The fraction of sp³-hybridized carbons (Fsp3) is 0.300. The second-order valence-corrected chi connectivity index (χ2v) is 4.02. The Bertz CT molecular complexity index is 535. The molecule has 0 saturated heterocycles. The molecule has 0 bridgehead atoms. The zero-order valence-electron chi connectivity index (χ0n) is 9.02. The normalized spacial score (nSPS) is 21.5. The number of nitro benzene ring substituents is 1. The largest absolute Gasteiger partial charge is 0.347 e. The maximum atomic E-state index is 13.0. The lowest BCUT2D eigenvalue weighted by atomic mass is 10.1. The summed E-state index contributed by atoms with van der Waals surface area (Å²) in [6, 6.07) is 0.428. The van der Waals surface area contributed by atoms with Crippen LogP contribution in [0.15, 0.2) is 12.1 Å². The van der Waals surface area contributed by atoms with Gasteiger partial charge in [-0.15, -0.1) is 0 Å². The summed E-state index contributed by atoms with van der Waals surface area (Å²) in [7, 11) is 0. The number of nitrogens with zero attached hydrogens (tertiary/aromatic N) is 1. The van der Waals surface area contributed by atoms with E-state index in [1.54, 1.807) is 0 Å². The number of carbonyl (C=O) groups excluding carboxylic acids is 1. The number of nitrogens with one attached hydrogen (secondary N) is 1. The van der Waals surface area contributed by atoms with Crippen LogP contribution in [0.4, 0.5) is 14.5 Å². The molecule has 2 unspecified atom stereocenters. The molecule has 0 spiro atoms. The van der Waals surface area contributed by atoms with Crippen LogP contribution in [0.3, 0.4) is 0 Å². The number of rotatable bonds is 3. The van der Waals surface area contributed by atoms with Gasteiger partial charge in [0.2, 0.25) is 0 Å². The van der Waals surface area contributed by atoms with Crippen molar-refractivity contribution in [2.24, 2.45) is 5.73 Å². The van der Waals surface area contributed by atoms with Crippen LogP contribution in [0.2, 0.25) is 0 Å². The van der Waals surface area contributed by atoms with Gasteiger partial charge in [-0.05, 0) is 12.5 Å². The molecule has 1 saturated carbocycles. The average molecular weight is 257 g/mol. The van der Waals surface area contributed by atoms with Crippen molar-refractivity contribution in [1.82, 2.24) is 5.32 Å². The van der Waals surface area contributed by atoms with Crippen LogP contribution in [0.1, 0.15) is 16.8 Å². The summed E-state index contributed by atoms with van der Waals surface area (Å²) in [5.74, 6) is -3.52. The molecule has 96 valence electrons. The van der Waals surface area contributed by atoms with E-state index in [2.05, 4.69) is 5.32 Å². The van der Waals surface area contributed by atoms with Gasteiger partial charge < -0.3 is 11.1 Å². The Hall–Kier alpha value is -2.09. The molecule has 3 N–H and O–H groups in total. The molecule has 1 aromatic carbocycles. The molecule has 0 aromatic heterocycles. The Morgan fingerprint density at radius 2 is 2.00 bits per heavy atom. The summed E-state index contributed by atoms with van der Waals surface area (Å²) < 4.78 is 25.9. The van der Waals surface area contributed by atoms with Crippen molar-refractivity contribution < 1.29 is 18.5 Å². The fourth-order valence-electron chi connectivity index (χ4n) is 1.50. The third kappa shape index (κ3) is 2.28. The topological polar surface area (TPSA) is 98.3 Å². The Kier molecular flexibility index (Phi) is 2.95. The Balaban J connectivity index is 2.32. The van der Waals surface area contributed by atoms with Crippen LogP contribution in [-0.2, 0) is 0 Å². The summed E-state index contributed by atoms with van der Waals surface area (Å²) in [6.07, 6.45) is 0.559. The van der Waals surface area contributed by atoms with Crippen LogP contribution in [-0.4, -0.2) is 22.9 Å². The quantitative estimate of drug-likeness (QED) is 0.615. The molecule has 2 rings (SSSR count). The maximum Gasteiger partial charge on any atom is 0.285 e. The highest BCUT2D eigenvalue weighted by molar-refractivity contribution is 5.98. The summed E-state index contributed by atoms with van der Waals surface area (Å²) in [6.45, 7) is 0. The Morgan fingerprint density at radius 3 is 2.50 bits per heavy atom. The van der Waals surface area contributed by atoms with Crippen molar-refractivity contribution in [2.45, 2.75) is 18.5 Å². The zero-order chi connectivity index (χ0) is 13.4. The molecule has 1 amide bonds. The van der Waals surface area contributed by atoms with Crippen molar-refractivity contribution in [1.29, 1.82) is 0 Å². The number of carbonyl (C=O) groups is 1. The van der Waals surface area contributed by atoms with Gasteiger partial charge >= 0.3 is 0 Å². The Labute approximate surface area is 99.9 Å². The van der Waals surface area contributed by atoms with E-state index >= 15 is 0 Å². The zero-order valence-corrected chi connectivity index (χ0v) is 9.02. The lowest BCUT2D eigenvalue weighted by molar-refractivity contribution is -0.385. The number of hydrogen-bond acceptors (Lipinski definition) is 4. The van der Waals surface area contributed by atoms with Gasteiger partial charge in [-0.2, -0.15) is 0 Å². The molecule has 1 fully saturated rings. The van der Waals surface area contributed by atoms with Gasteiger partial charge in [0, 0.05) is 12.1 Å². The highest BCUT2D eigenvalue weighted by Gasteiger charge is 2.36. The van der Waals surface area contributed by atoms with E-state index in [9.17, 15) is 23.7 Å². The summed E-state index contributed by atoms with van der Waals surface area (Å²) in [5, 5.41) is 13.1. The van der Waals surface area contributed by atoms with Gasteiger partial charge in [-0.3, -0.25) is 14.9 Å². The van der Waals surface area contributed by atoms with Gasteiger partial charge in [0.05, 0.1) is 11.0 Å². The van der Waals surface area contributed by atoms with Crippen molar-refractivity contribution in [3.8, 4) is 0 Å². The summed E-state index contributed by atoms with van der Waals surface area (Å²) in [4.78, 5) is 21.4. The van der Waals surface area contributed by atoms with Gasteiger partial charge in [0.15, 0.2) is 11.6 Å². The van der Waals surface area contributed by atoms with Crippen molar-refractivity contribution >= 4 is 11.6 Å². The Morgan fingerprint density at radius 1 is 1.44 bits per heavy atom. The second-order valence-electron chi connectivity index (χ2n) is 4.02. The second kappa shape index (κ2) is 4.30. The van der Waals surface area contributed by atoms with Gasteiger partial charge in [0.1, 0.15) is 5.56 Å². The van der Waals surface area contributed by atoms with Crippen LogP contribution < -0.4 is 11.1 Å². The molecule has 1 aliphatic rings. The molecule has 1 aromatic rings. The summed E-state index contributed by atoms with van der Waals surface area (Å²) >= 11 is 0. The van der Waals surface area contributed by atoms with Crippen molar-refractivity contribution in [3.05, 3.63) is 39.4 Å². The first kappa shape index (κ1) is 12.4. The van der Waals surface area contributed by atoms with E-state index in [0.717, 1.165) is 0 Å². The van der Waals surface area contributed by atoms with Crippen LogP contribution >= 0.6 is 0 Å². The molecule has 6 nitrogen and oxygen atoms in total. The minimum atomic E-state index is -1.37. The minimum Gasteiger partial charge on any atom is -0.347 e. The van der Waals surface area contributed by atoms with E-state index < -0.39 is 33.7 Å². The monoisotopic (exact) mass is 257 g/mol. The standard InChI is InChI=1S/C10H9F2N3O3/c11-5-1-4(9(15(17)18)2-6(5)12)10(16)14-8-3-7(8)13/h1-2,7-8H,3,13H2,(H,14,16). The molecular formula is C10H9F2N3O3. The number of benzene rings is 1. The number of nitrogens with two attached hydrogens (primary N) is 1. The van der Waals surface area contributed by atoms with Gasteiger partial charge in [-0.25, -0.2) is 8.78 Å². The predicted molar refractivity (Wildman–Crippen MR) is 56.9 cm³/mol. The predicted octanol–water partition coefficient (Wildman–Crippen LogP) is 0.702. The third-order valence-corrected chi connectivity index (χ3v) is 2.64. The van der Waals surface area contributed by atoms with Crippen LogP contribution in [0.25, 0.3) is 0 Å². The fourth-order valence-corrected chi connectivity index (χ4v) is 1.50. The van der Waals surface area contributed by atoms with E-state index in [1.165, 1.54) is 0 Å². The smallest absolute Gasteiger partial charge is 0.285 e. The molecule has 18 heavy (non-hydrogen) atoms. The van der Waals surface area contributed by atoms with Crippen LogP contribution in [0.5, 0.6) is 0 Å². The van der Waals surface area contributed by atoms with Crippen LogP contribution in [0, 0.1) is 21.7 Å². The highest BCUT2D eigenvalue weighted by atomic mass is 19.2. The minimum absolute atomic E-state index is 0.196. The molecule has 2 atom stereocenters. The lowest BCUT2D eigenvalue weighted by Gasteiger charge is -2.05. The summed E-state index contributed by atoms with van der Waals surface area (Å²) in [5.41, 5.74) is 4.17. The highest BCUT2D eigenvalue weighted by Crippen LogP contribution is 2.24. The molecule has 0 aliphatic heterocycles. The van der Waals surface area contributed by atoms with Crippen molar-refractivity contribution in [3.63, 3.8) is 0 Å². The maximum absolute atomic E-state index is 13.0. The van der Waals surface area contributed by atoms with E-state index in [-0.39, 0.29) is 12.1 Å². The van der Waals surface area contributed by atoms with Gasteiger partial charge in [0.25, 0.3) is 11.6 Å². The first-order valence-electron chi connectivity index (χ1n) is 5.10. The number of nitro groups is 1. The van der Waals surface area contributed by atoms with Crippen molar-refractivity contribution in [2.75, 3.05) is 0 Å². The number of amides is 1. The van der Waals surface area contributed by atoms with E-state index in [0.29, 0.717) is 18.6 Å². The first-order chi connectivity index (χ1) is 8.40. The molecule has 1 aliphatic carbocycles. The lowest BCUT2D eigenvalue weighted by Crippen LogP contribution is -2.30. The molecule has 0 radical (unpaired) electrons. The van der Waals surface area contributed by atoms with E-state index in [4.69, 9.17) is 5.73 Å². The van der Waals surface area contributed by atoms with Gasteiger partial charge in [-0.1, -0.05) is 0 Å². The number of hydrogen-bond donors (Lipinski definition) is 2. The van der Waals surface area contributed by atoms with E-state index in [1.807, 2.05) is 0 Å². The first-order valence-corrected chi connectivity index (χ1v) is 5.10. The SMILES string of the molecule is NC1CC1NC(=O)c1cc(F)c(F)cc1[N+](=O)[O-]. The third-order valence-electron chi connectivity index (χ3n) is 2.64. The molecular weight excluding hydrogens is 248 g/mol.